The molecule has 0 spiro atoms. The summed E-state index contributed by atoms with van der Waals surface area (Å²) in [5.74, 6) is 0.671. The van der Waals surface area contributed by atoms with Crippen LogP contribution in [0.2, 0.25) is 0 Å². The Morgan fingerprint density at radius 1 is 1.27 bits per heavy atom. The predicted molar refractivity (Wildman–Crippen MR) is 93.3 cm³/mol. The van der Waals surface area contributed by atoms with Gasteiger partial charge in [0.2, 0.25) is 0 Å². The molecule has 2 atom stereocenters. The van der Waals surface area contributed by atoms with Gasteiger partial charge in [0.1, 0.15) is 17.3 Å². The van der Waals surface area contributed by atoms with Gasteiger partial charge in [0.15, 0.2) is 6.10 Å². The first-order valence-electron chi connectivity index (χ1n) is 8.68. The molecule has 0 aliphatic carbocycles. The molecule has 3 rings (SSSR count). The lowest BCUT2D eigenvalue weighted by Gasteiger charge is -2.33. The largest absolute Gasteiger partial charge is 0.481 e. The Bertz CT molecular complexity index is 684. The highest BCUT2D eigenvalue weighted by Gasteiger charge is 2.26. The Morgan fingerprint density at radius 2 is 2.00 bits per heavy atom. The summed E-state index contributed by atoms with van der Waals surface area (Å²) < 4.78 is 29.5. The Hall–Kier alpha value is -2.38. The summed E-state index contributed by atoms with van der Waals surface area (Å²) >= 11 is 0. The van der Waals surface area contributed by atoms with Crippen molar-refractivity contribution < 1.29 is 23.1 Å². The molecule has 6 nitrogen and oxygen atoms in total. The number of benzene rings is 1. The third kappa shape index (κ3) is 4.83. The number of halogens is 1. The van der Waals surface area contributed by atoms with Crippen LogP contribution in [-0.4, -0.2) is 49.8 Å². The van der Waals surface area contributed by atoms with E-state index in [2.05, 4.69) is 10.2 Å². The summed E-state index contributed by atoms with van der Waals surface area (Å²) in [5.41, 5.74) is 0. The molecule has 0 bridgehead atoms. The summed E-state index contributed by atoms with van der Waals surface area (Å²) in [6.07, 6.45) is 0.938. The Balaban J connectivity index is 1.57. The normalized spacial score (nSPS) is 17.5. The molecule has 1 aliphatic heterocycles. The number of nitrogens with zero attached hydrogens (tertiary/aromatic N) is 1. The van der Waals surface area contributed by atoms with Crippen molar-refractivity contribution in [1.29, 1.82) is 0 Å². The van der Waals surface area contributed by atoms with Gasteiger partial charge in [0.05, 0.1) is 25.5 Å². The van der Waals surface area contributed by atoms with Crippen molar-refractivity contribution in [2.75, 3.05) is 32.8 Å². The van der Waals surface area contributed by atoms with Crippen LogP contribution >= 0.6 is 0 Å². The van der Waals surface area contributed by atoms with Crippen molar-refractivity contribution in [3.8, 4) is 5.75 Å². The quantitative estimate of drug-likeness (QED) is 0.819. The molecule has 1 saturated heterocycles. The molecule has 1 aromatic heterocycles. The van der Waals surface area contributed by atoms with Crippen molar-refractivity contribution in [1.82, 2.24) is 10.2 Å². The summed E-state index contributed by atoms with van der Waals surface area (Å²) in [4.78, 5) is 14.6. The third-order valence-electron chi connectivity index (χ3n) is 4.32. The van der Waals surface area contributed by atoms with Crippen LogP contribution in [0.4, 0.5) is 4.39 Å². The molecule has 7 heteroatoms. The predicted octanol–water partition coefficient (Wildman–Crippen LogP) is 2.38. The average Bonchev–Trinajstić information content (AvgIpc) is 3.19. The van der Waals surface area contributed by atoms with E-state index in [9.17, 15) is 9.18 Å². The van der Waals surface area contributed by atoms with Crippen molar-refractivity contribution in [3.05, 3.63) is 54.2 Å². The first-order valence-corrected chi connectivity index (χ1v) is 8.68. The molecule has 0 saturated carbocycles. The van der Waals surface area contributed by atoms with Crippen molar-refractivity contribution in [2.45, 2.75) is 19.1 Å². The van der Waals surface area contributed by atoms with Gasteiger partial charge in [-0.15, -0.1) is 0 Å². The highest BCUT2D eigenvalue weighted by atomic mass is 19.1. The first kappa shape index (κ1) is 18.4. The summed E-state index contributed by atoms with van der Waals surface area (Å²) in [6.45, 7) is 4.95. The fourth-order valence-electron chi connectivity index (χ4n) is 2.89. The number of nitrogens with one attached hydrogen (secondary N) is 1. The number of carbonyl (C=O) groups is 1. The molecule has 1 fully saturated rings. The van der Waals surface area contributed by atoms with Gasteiger partial charge < -0.3 is 19.2 Å². The lowest BCUT2D eigenvalue weighted by molar-refractivity contribution is -0.127. The van der Waals surface area contributed by atoms with Gasteiger partial charge in [0.25, 0.3) is 5.91 Å². The number of rotatable bonds is 7. The second-order valence-corrected chi connectivity index (χ2v) is 6.14. The number of furan rings is 1. The number of hydrogen-bond donors (Lipinski definition) is 1. The number of morpholine rings is 1. The zero-order valence-electron chi connectivity index (χ0n) is 14.7. The zero-order valence-corrected chi connectivity index (χ0v) is 14.7. The summed E-state index contributed by atoms with van der Waals surface area (Å²) in [6, 6.07) is 9.28. The van der Waals surface area contributed by atoms with Crippen LogP contribution in [0.25, 0.3) is 0 Å². The molecule has 2 aromatic rings. The molecule has 1 amide bonds. The highest BCUT2D eigenvalue weighted by Crippen LogP contribution is 2.22. The topological polar surface area (TPSA) is 63.9 Å². The van der Waals surface area contributed by atoms with E-state index in [-0.39, 0.29) is 17.8 Å². The number of carbonyl (C=O) groups excluding carboxylic acids is 1. The van der Waals surface area contributed by atoms with Gasteiger partial charge in [-0.1, -0.05) is 0 Å². The smallest absolute Gasteiger partial charge is 0.260 e. The molecule has 0 unspecified atom stereocenters. The summed E-state index contributed by atoms with van der Waals surface area (Å²) in [7, 11) is 0. The molecule has 1 aromatic carbocycles. The van der Waals surface area contributed by atoms with Gasteiger partial charge in [-0.25, -0.2) is 4.39 Å². The third-order valence-corrected chi connectivity index (χ3v) is 4.32. The van der Waals surface area contributed by atoms with Gasteiger partial charge in [-0.3, -0.25) is 9.69 Å². The highest BCUT2D eigenvalue weighted by molar-refractivity contribution is 5.80. The van der Waals surface area contributed by atoms with E-state index in [1.54, 1.807) is 13.2 Å². The molecule has 26 heavy (non-hydrogen) atoms. The second kappa shape index (κ2) is 8.82. The molecule has 1 aliphatic rings. The molecular weight excluding hydrogens is 339 g/mol. The van der Waals surface area contributed by atoms with Gasteiger partial charge in [-0.05, 0) is 43.3 Å². The maximum absolute atomic E-state index is 12.9. The van der Waals surface area contributed by atoms with Crippen LogP contribution in [0.1, 0.15) is 18.7 Å². The van der Waals surface area contributed by atoms with Gasteiger partial charge >= 0.3 is 0 Å². The Kier molecular flexibility index (Phi) is 6.25. The lowest BCUT2D eigenvalue weighted by atomic mass is 10.1. The van der Waals surface area contributed by atoms with E-state index in [4.69, 9.17) is 13.9 Å². The van der Waals surface area contributed by atoms with Crippen LogP contribution in [-0.2, 0) is 9.53 Å². The van der Waals surface area contributed by atoms with Gasteiger partial charge in [0, 0.05) is 19.6 Å². The minimum Gasteiger partial charge on any atom is -0.481 e. The Labute approximate surface area is 151 Å². The molecular formula is C19H23FN2O4. The Morgan fingerprint density at radius 3 is 2.65 bits per heavy atom. The standard InChI is InChI=1S/C19H23FN2O4/c1-14(26-16-6-4-15(20)5-7-16)19(23)21-13-17(18-3-2-10-25-18)22-8-11-24-12-9-22/h2-7,10,14,17H,8-9,11-13H2,1H3,(H,21,23)/t14-,17+/m1/s1. The average molecular weight is 362 g/mol. The van der Waals surface area contributed by atoms with Crippen molar-refractivity contribution in [3.63, 3.8) is 0 Å². The maximum atomic E-state index is 12.9. The molecule has 0 radical (unpaired) electrons. The van der Waals surface area contributed by atoms with E-state index in [1.807, 2.05) is 12.1 Å². The summed E-state index contributed by atoms with van der Waals surface area (Å²) in [5, 5.41) is 2.92. The molecule has 2 heterocycles. The minimum absolute atomic E-state index is 0.0594. The van der Waals surface area contributed by atoms with E-state index < -0.39 is 6.10 Å². The van der Waals surface area contributed by atoms with E-state index >= 15 is 0 Å². The second-order valence-electron chi connectivity index (χ2n) is 6.14. The van der Waals surface area contributed by atoms with Crippen LogP contribution in [0.15, 0.2) is 47.1 Å². The van der Waals surface area contributed by atoms with Crippen LogP contribution in [0, 0.1) is 5.82 Å². The van der Waals surface area contributed by atoms with E-state index in [0.717, 1.165) is 18.8 Å². The molecule has 140 valence electrons. The van der Waals surface area contributed by atoms with Crippen molar-refractivity contribution in [2.24, 2.45) is 0 Å². The van der Waals surface area contributed by atoms with Crippen LogP contribution < -0.4 is 10.1 Å². The number of hydrogen-bond acceptors (Lipinski definition) is 5. The van der Waals surface area contributed by atoms with E-state index in [1.165, 1.54) is 24.3 Å². The first-order chi connectivity index (χ1) is 12.6. The van der Waals surface area contributed by atoms with Crippen LogP contribution in [0.5, 0.6) is 5.75 Å². The maximum Gasteiger partial charge on any atom is 0.260 e. The molecule has 1 N–H and O–H groups in total. The lowest BCUT2D eigenvalue weighted by Crippen LogP contribution is -2.45. The van der Waals surface area contributed by atoms with Gasteiger partial charge in [-0.2, -0.15) is 0 Å². The fourth-order valence-corrected chi connectivity index (χ4v) is 2.89. The minimum atomic E-state index is -0.692. The van der Waals surface area contributed by atoms with Crippen LogP contribution in [0.3, 0.4) is 0 Å². The SMILES string of the molecule is C[C@@H](Oc1ccc(F)cc1)C(=O)NC[C@@H](c1ccco1)N1CCOCC1. The fraction of sp³-hybridized carbons (Fsp3) is 0.421. The van der Waals surface area contributed by atoms with Crippen molar-refractivity contribution >= 4 is 5.91 Å². The van der Waals surface area contributed by atoms with E-state index in [0.29, 0.717) is 25.5 Å². The number of amides is 1. The number of ether oxygens (including phenoxy) is 2. The zero-order chi connectivity index (χ0) is 18.4. The monoisotopic (exact) mass is 362 g/mol.